The van der Waals surface area contributed by atoms with Crippen LogP contribution < -0.4 is 0 Å². The molecule has 0 aliphatic rings. The highest BCUT2D eigenvalue weighted by Crippen LogP contribution is 2.29. The number of fused-ring (bicyclic) bond motifs is 1. The molecule has 16 heavy (non-hydrogen) atoms. The molecule has 0 fully saturated rings. The molecule has 77 valence electrons. The van der Waals surface area contributed by atoms with E-state index < -0.39 is 0 Å². The van der Waals surface area contributed by atoms with Gasteiger partial charge in [0.05, 0.1) is 5.69 Å². The van der Waals surface area contributed by atoms with Crippen molar-refractivity contribution in [2.75, 3.05) is 0 Å². The maximum atomic E-state index is 9.43. The molecule has 2 nitrogen and oxygen atoms in total. The smallest absolute Gasteiger partial charge is 0.152 e. The molecule has 1 aromatic heterocycles. The summed E-state index contributed by atoms with van der Waals surface area (Å²) in [6, 6.07) is 11.4. The zero-order chi connectivity index (χ0) is 11.0. The summed E-state index contributed by atoms with van der Waals surface area (Å²) in [5.74, 6) is 0.287. The number of hydrogen-bond donors (Lipinski definition) is 1. The molecule has 0 spiro atoms. The second-order valence-corrected chi connectivity index (χ2v) is 4.19. The predicted octanol–water partition coefficient (Wildman–Crippen LogP) is 3.47. The first-order valence-electron chi connectivity index (χ1n) is 4.88. The van der Waals surface area contributed by atoms with Crippen molar-refractivity contribution >= 4 is 22.1 Å². The van der Waals surface area contributed by atoms with E-state index in [2.05, 4.69) is 10.5 Å². The van der Waals surface area contributed by atoms with Crippen LogP contribution in [0.3, 0.4) is 0 Å². The van der Waals surface area contributed by atoms with E-state index in [1.807, 2.05) is 29.6 Å². The average Bonchev–Trinajstić information content (AvgIpc) is 2.81. The first kappa shape index (κ1) is 9.36. The minimum atomic E-state index is 0.287. The molecule has 0 bridgehead atoms. The van der Waals surface area contributed by atoms with Gasteiger partial charge in [-0.1, -0.05) is 24.3 Å². The van der Waals surface area contributed by atoms with E-state index in [0.717, 1.165) is 22.0 Å². The number of rotatable bonds is 1. The SMILES string of the molecule is Oc1ccc2c(-c3cs[c]n3)cccc2c1. The van der Waals surface area contributed by atoms with E-state index in [1.54, 1.807) is 12.1 Å². The van der Waals surface area contributed by atoms with Crippen LogP contribution in [-0.2, 0) is 0 Å². The maximum Gasteiger partial charge on any atom is 0.152 e. The van der Waals surface area contributed by atoms with Crippen LogP contribution in [0, 0.1) is 5.51 Å². The molecule has 0 aliphatic carbocycles. The number of thiazole rings is 1. The minimum absolute atomic E-state index is 0.287. The Hall–Kier alpha value is -1.87. The van der Waals surface area contributed by atoms with E-state index in [4.69, 9.17) is 0 Å². The third kappa shape index (κ3) is 1.46. The van der Waals surface area contributed by atoms with Gasteiger partial charge in [-0.15, -0.1) is 11.3 Å². The average molecular weight is 226 g/mol. The van der Waals surface area contributed by atoms with E-state index in [-0.39, 0.29) is 5.75 Å². The minimum Gasteiger partial charge on any atom is -0.508 e. The van der Waals surface area contributed by atoms with Crippen LogP contribution >= 0.6 is 11.3 Å². The van der Waals surface area contributed by atoms with Crippen LogP contribution in [0.2, 0.25) is 0 Å². The molecule has 3 heteroatoms. The summed E-state index contributed by atoms with van der Waals surface area (Å²) < 4.78 is 0. The van der Waals surface area contributed by atoms with Gasteiger partial charge in [-0.05, 0) is 22.9 Å². The van der Waals surface area contributed by atoms with Gasteiger partial charge < -0.3 is 5.11 Å². The summed E-state index contributed by atoms with van der Waals surface area (Å²) in [5.41, 5.74) is 4.86. The lowest BCUT2D eigenvalue weighted by molar-refractivity contribution is 0.476. The third-order valence-corrected chi connectivity index (χ3v) is 3.07. The number of benzene rings is 2. The molecular formula is C13H8NOS. The number of phenolic OH excluding ortho intramolecular Hbond substituents is 1. The number of hydrogen-bond acceptors (Lipinski definition) is 3. The topological polar surface area (TPSA) is 33.1 Å². The quantitative estimate of drug-likeness (QED) is 0.689. The summed E-state index contributed by atoms with van der Waals surface area (Å²) >= 11 is 1.46. The zero-order valence-corrected chi connectivity index (χ0v) is 9.16. The molecule has 0 unspecified atom stereocenters. The second kappa shape index (κ2) is 3.61. The van der Waals surface area contributed by atoms with Gasteiger partial charge in [-0.2, -0.15) is 0 Å². The number of aromatic nitrogens is 1. The summed E-state index contributed by atoms with van der Waals surface area (Å²) in [6.45, 7) is 0. The lowest BCUT2D eigenvalue weighted by atomic mass is 10.0. The highest BCUT2D eigenvalue weighted by molar-refractivity contribution is 7.07. The highest BCUT2D eigenvalue weighted by atomic mass is 32.1. The van der Waals surface area contributed by atoms with Crippen molar-refractivity contribution in [3.63, 3.8) is 0 Å². The highest BCUT2D eigenvalue weighted by Gasteiger charge is 2.05. The van der Waals surface area contributed by atoms with Crippen molar-refractivity contribution in [2.24, 2.45) is 0 Å². The number of nitrogens with zero attached hydrogens (tertiary/aromatic N) is 1. The van der Waals surface area contributed by atoms with Crippen LogP contribution in [0.1, 0.15) is 0 Å². The van der Waals surface area contributed by atoms with Crippen molar-refractivity contribution in [1.82, 2.24) is 4.98 Å². The van der Waals surface area contributed by atoms with E-state index in [0.29, 0.717) is 0 Å². The van der Waals surface area contributed by atoms with Crippen LogP contribution in [0.4, 0.5) is 0 Å². The van der Waals surface area contributed by atoms with Crippen molar-refractivity contribution in [1.29, 1.82) is 0 Å². The van der Waals surface area contributed by atoms with Crippen LogP contribution in [0.15, 0.2) is 41.8 Å². The molecule has 2 aromatic carbocycles. The largest absolute Gasteiger partial charge is 0.508 e. The van der Waals surface area contributed by atoms with Crippen LogP contribution in [0.5, 0.6) is 5.75 Å². The normalized spacial score (nSPS) is 10.8. The van der Waals surface area contributed by atoms with Gasteiger partial charge in [-0.3, -0.25) is 0 Å². The Morgan fingerprint density at radius 3 is 2.94 bits per heavy atom. The summed E-state index contributed by atoms with van der Waals surface area (Å²) in [5, 5.41) is 13.5. The summed E-state index contributed by atoms with van der Waals surface area (Å²) in [6.07, 6.45) is 0. The Morgan fingerprint density at radius 2 is 2.12 bits per heavy atom. The Labute approximate surface area is 96.8 Å². The van der Waals surface area contributed by atoms with Crippen molar-refractivity contribution < 1.29 is 5.11 Å². The van der Waals surface area contributed by atoms with Gasteiger partial charge in [0.1, 0.15) is 5.75 Å². The van der Waals surface area contributed by atoms with Gasteiger partial charge >= 0.3 is 0 Å². The summed E-state index contributed by atoms with van der Waals surface area (Å²) in [7, 11) is 0. The molecule has 3 aromatic rings. The predicted molar refractivity (Wildman–Crippen MR) is 65.6 cm³/mol. The fourth-order valence-corrected chi connectivity index (χ4v) is 2.30. The number of phenols is 1. The van der Waals surface area contributed by atoms with Gasteiger partial charge in [0.15, 0.2) is 5.51 Å². The lowest BCUT2D eigenvalue weighted by Crippen LogP contribution is -1.80. The molecule has 0 atom stereocenters. The third-order valence-electron chi connectivity index (χ3n) is 2.53. The molecule has 0 aliphatic heterocycles. The molecule has 1 N–H and O–H groups in total. The Morgan fingerprint density at radius 1 is 1.19 bits per heavy atom. The Kier molecular flexibility index (Phi) is 2.11. The van der Waals surface area contributed by atoms with E-state index in [1.165, 1.54) is 11.3 Å². The first-order valence-corrected chi connectivity index (χ1v) is 5.76. The van der Waals surface area contributed by atoms with Crippen LogP contribution in [-0.4, -0.2) is 10.1 Å². The number of aromatic hydroxyl groups is 1. The Bertz CT molecular complexity index is 631. The monoisotopic (exact) mass is 226 g/mol. The molecule has 1 radical (unpaired) electrons. The first-order chi connectivity index (χ1) is 7.84. The van der Waals surface area contributed by atoms with E-state index in [9.17, 15) is 5.11 Å². The molecule has 0 amide bonds. The molecule has 1 heterocycles. The fourth-order valence-electron chi connectivity index (χ4n) is 1.80. The van der Waals surface area contributed by atoms with Gasteiger partial charge in [0.25, 0.3) is 0 Å². The maximum absolute atomic E-state index is 9.43. The molecular weight excluding hydrogens is 218 g/mol. The Balaban J connectivity index is 2.34. The standard InChI is InChI=1S/C13H8NOS/c15-10-4-5-11-9(6-10)2-1-3-12(11)13-7-16-8-14-13/h1-7,15H. The van der Waals surface area contributed by atoms with Crippen molar-refractivity contribution in [3.8, 4) is 17.0 Å². The molecule has 0 saturated heterocycles. The van der Waals surface area contributed by atoms with Crippen LogP contribution in [0.25, 0.3) is 22.0 Å². The second-order valence-electron chi connectivity index (χ2n) is 3.54. The zero-order valence-electron chi connectivity index (χ0n) is 8.34. The fraction of sp³-hybridized carbons (Fsp3) is 0. The summed E-state index contributed by atoms with van der Waals surface area (Å²) in [4.78, 5) is 4.19. The van der Waals surface area contributed by atoms with Crippen molar-refractivity contribution in [2.45, 2.75) is 0 Å². The van der Waals surface area contributed by atoms with E-state index >= 15 is 0 Å². The molecule has 0 saturated carbocycles. The van der Waals surface area contributed by atoms with Crippen molar-refractivity contribution in [3.05, 3.63) is 47.3 Å². The lowest BCUT2D eigenvalue weighted by Gasteiger charge is -2.04. The molecule has 3 rings (SSSR count). The van der Waals surface area contributed by atoms with Gasteiger partial charge in [0, 0.05) is 10.9 Å². The van der Waals surface area contributed by atoms with Gasteiger partial charge in [-0.25, -0.2) is 4.98 Å². The van der Waals surface area contributed by atoms with Gasteiger partial charge in [0.2, 0.25) is 0 Å².